The van der Waals surface area contributed by atoms with Gasteiger partial charge in [0, 0.05) is 31.5 Å². The predicted molar refractivity (Wildman–Crippen MR) is 118 cm³/mol. The fraction of sp³-hybridized carbons (Fsp3) is 0.250. The average molecular weight is 434 g/mol. The second-order valence-corrected chi connectivity index (χ2v) is 7.49. The first-order valence-corrected chi connectivity index (χ1v) is 10.3. The van der Waals surface area contributed by atoms with Gasteiger partial charge < -0.3 is 9.80 Å². The van der Waals surface area contributed by atoms with E-state index in [0.29, 0.717) is 36.2 Å². The lowest BCUT2D eigenvalue weighted by Gasteiger charge is -2.28. The Labute approximate surface area is 186 Å². The molecule has 0 unspecified atom stereocenters. The molecular formula is C24H26N4O4. The molecule has 1 aliphatic rings. The molecule has 0 fully saturated rings. The van der Waals surface area contributed by atoms with Gasteiger partial charge in [0.25, 0.3) is 11.8 Å². The quantitative estimate of drug-likeness (QED) is 0.359. The van der Waals surface area contributed by atoms with E-state index in [2.05, 4.69) is 4.98 Å². The van der Waals surface area contributed by atoms with Gasteiger partial charge >= 0.3 is 0 Å². The van der Waals surface area contributed by atoms with Crippen molar-refractivity contribution in [2.24, 2.45) is 0 Å². The first-order valence-electron chi connectivity index (χ1n) is 10.3. The van der Waals surface area contributed by atoms with Gasteiger partial charge in [-0.25, -0.2) is 5.48 Å². The van der Waals surface area contributed by atoms with Gasteiger partial charge in [0.15, 0.2) is 0 Å². The van der Waals surface area contributed by atoms with E-state index in [1.807, 2.05) is 24.3 Å². The summed E-state index contributed by atoms with van der Waals surface area (Å²) in [6.45, 7) is 0.796. The smallest absolute Gasteiger partial charge is 0.274 e. The molecule has 3 rings (SSSR count). The van der Waals surface area contributed by atoms with Crippen LogP contribution in [0.2, 0.25) is 0 Å². The number of aromatic nitrogens is 1. The van der Waals surface area contributed by atoms with Crippen LogP contribution in [0, 0.1) is 0 Å². The second-order valence-electron chi connectivity index (χ2n) is 7.49. The number of benzene rings is 1. The third-order valence-electron chi connectivity index (χ3n) is 5.30. The SMILES string of the molecule is CN(CCc1ccncc1)C(=O)C1=CCCC=C1N(C=O)Cc1ccc(C(=O)NO)cc1. The van der Waals surface area contributed by atoms with Gasteiger partial charge in [-0.15, -0.1) is 0 Å². The van der Waals surface area contributed by atoms with Crippen molar-refractivity contribution in [3.05, 3.63) is 88.9 Å². The Morgan fingerprint density at radius 2 is 1.75 bits per heavy atom. The molecule has 8 heteroatoms. The molecule has 32 heavy (non-hydrogen) atoms. The van der Waals surface area contributed by atoms with E-state index in [-0.39, 0.29) is 12.5 Å². The Morgan fingerprint density at radius 1 is 1.06 bits per heavy atom. The normalized spacial score (nSPS) is 12.9. The van der Waals surface area contributed by atoms with Gasteiger partial charge in [0.2, 0.25) is 6.41 Å². The zero-order chi connectivity index (χ0) is 22.9. The number of likely N-dealkylation sites (N-methyl/N-ethyl adjacent to an activating group) is 1. The first-order chi connectivity index (χ1) is 15.5. The molecule has 0 saturated carbocycles. The number of amides is 3. The number of carbonyl (C=O) groups excluding carboxylic acids is 3. The van der Waals surface area contributed by atoms with Crippen LogP contribution in [0.15, 0.2) is 72.2 Å². The number of hydrogen-bond donors (Lipinski definition) is 2. The van der Waals surface area contributed by atoms with Crippen molar-refractivity contribution < 1.29 is 19.6 Å². The molecule has 1 aromatic carbocycles. The Morgan fingerprint density at radius 3 is 2.41 bits per heavy atom. The summed E-state index contributed by atoms with van der Waals surface area (Å²) in [6, 6.07) is 10.4. The van der Waals surface area contributed by atoms with Crippen molar-refractivity contribution in [2.45, 2.75) is 25.8 Å². The van der Waals surface area contributed by atoms with Crippen LogP contribution in [0.25, 0.3) is 0 Å². The van der Waals surface area contributed by atoms with E-state index in [4.69, 9.17) is 5.21 Å². The van der Waals surface area contributed by atoms with Crippen molar-refractivity contribution in [3.63, 3.8) is 0 Å². The highest BCUT2D eigenvalue weighted by Crippen LogP contribution is 2.25. The summed E-state index contributed by atoms with van der Waals surface area (Å²) in [7, 11) is 1.76. The Balaban J connectivity index is 1.69. The lowest BCUT2D eigenvalue weighted by molar-refractivity contribution is -0.125. The molecule has 3 amide bonds. The van der Waals surface area contributed by atoms with Crippen LogP contribution in [-0.4, -0.2) is 51.8 Å². The maximum absolute atomic E-state index is 13.1. The number of allylic oxidation sites excluding steroid dienone is 2. The Hall–Kier alpha value is -3.78. The number of hydrogen-bond acceptors (Lipinski definition) is 5. The third-order valence-corrected chi connectivity index (χ3v) is 5.30. The van der Waals surface area contributed by atoms with Crippen molar-refractivity contribution in [1.29, 1.82) is 0 Å². The summed E-state index contributed by atoms with van der Waals surface area (Å²) in [5, 5.41) is 8.73. The molecule has 0 spiro atoms. The van der Waals surface area contributed by atoms with Crippen LogP contribution in [0.1, 0.15) is 34.3 Å². The summed E-state index contributed by atoms with van der Waals surface area (Å²) in [5.41, 5.74) is 4.87. The Bertz CT molecular complexity index is 1020. The largest absolute Gasteiger partial charge is 0.341 e. The minimum atomic E-state index is -0.607. The van der Waals surface area contributed by atoms with Gasteiger partial charge in [-0.2, -0.15) is 0 Å². The Kier molecular flexibility index (Phi) is 7.88. The lowest BCUT2D eigenvalue weighted by atomic mass is 10.00. The van der Waals surface area contributed by atoms with E-state index >= 15 is 0 Å². The molecule has 1 aromatic heterocycles. The molecule has 0 bridgehead atoms. The highest BCUT2D eigenvalue weighted by Gasteiger charge is 2.24. The number of carbonyl (C=O) groups is 3. The maximum Gasteiger partial charge on any atom is 0.274 e. The van der Waals surface area contributed by atoms with Crippen molar-refractivity contribution >= 4 is 18.2 Å². The van der Waals surface area contributed by atoms with E-state index in [9.17, 15) is 14.4 Å². The van der Waals surface area contributed by atoms with Crippen LogP contribution in [0.4, 0.5) is 0 Å². The molecule has 2 N–H and O–H groups in total. The average Bonchev–Trinajstić information content (AvgIpc) is 2.86. The van der Waals surface area contributed by atoms with Gasteiger partial charge in [-0.1, -0.05) is 24.3 Å². The number of rotatable bonds is 9. The van der Waals surface area contributed by atoms with Crippen LogP contribution < -0.4 is 5.48 Å². The van der Waals surface area contributed by atoms with E-state index in [1.165, 1.54) is 4.90 Å². The topological polar surface area (TPSA) is 103 Å². The molecule has 2 aromatic rings. The zero-order valence-corrected chi connectivity index (χ0v) is 17.9. The molecule has 0 atom stereocenters. The van der Waals surface area contributed by atoms with Gasteiger partial charge in [0.05, 0.1) is 17.8 Å². The van der Waals surface area contributed by atoms with Gasteiger partial charge in [0.1, 0.15) is 0 Å². The van der Waals surface area contributed by atoms with Crippen LogP contribution >= 0.6 is 0 Å². The summed E-state index contributed by atoms with van der Waals surface area (Å²) in [4.78, 5) is 43.7. The van der Waals surface area contributed by atoms with Gasteiger partial charge in [-0.3, -0.25) is 24.6 Å². The molecule has 8 nitrogen and oxygen atoms in total. The summed E-state index contributed by atoms with van der Waals surface area (Å²) >= 11 is 0. The molecule has 166 valence electrons. The lowest BCUT2D eigenvalue weighted by Crippen LogP contribution is -2.34. The number of nitrogens with zero attached hydrogens (tertiary/aromatic N) is 3. The summed E-state index contributed by atoms with van der Waals surface area (Å²) in [6.07, 6.45) is 10.1. The predicted octanol–water partition coefficient (Wildman–Crippen LogP) is 2.46. The molecule has 0 aliphatic heterocycles. The van der Waals surface area contributed by atoms with Crippen LogP contribution in [-0.2, 0) is 22.6 Å². The monoisotopic (exact) mass is 434 g/mol. The summed E-state index contributed by atoms with van der Waals surface area (Å²) < 4.78 is 0. The van der Waals surface area contributed by atoms with Gasteiger partial charge in [-0.05, 0) is 54.7 Å². The van der Waals surface area contributed by atoms with Crippen molar-refractivity contribution in [3.8, 4) is 0 Å². The minimum Gasteiger partial charge on any atom is -0.341 e. The number of nitrogens with one attached hydrogen (secondary N) is 1. The van der Waals surface area contributed by atoms with Crippen molar-refractivity contribution in [1.82, 2.24) is 20.3 Å². The molecular weight excluding hydrogens is 408 g/mol. The first kappa shape index (κ1) is 22.9. The molecule has 1 heterocycles. The highest BCUT2D eigenvalue weighted by molar-refractivity contribution is 5.98. The standard InChI is InChI=1S/C24H26N4O4/c1-27(15-12-18-10-13-25-14-11-18)24(31)21-4-2-3-5-22(21)28(17-29)16-19-6-8-20(9-7-19)23(30)26-32/h4-11,13-14,17,32H,2-3,12,15-16H2,1H3,(H,26,30). The number of hydroxylamine groups is 1. The van der Waals surface area contributed by atoms with E-state index < -0.39 is 5.91 Å². The van der Waals surface area contributed by atoms with E-state index in [1.54, 1.807) is 54.1 Å². The van der Waals surface area contributed by atoms with Crippen LogP contribution in [0.5, 0.6) is 0 Å². The maximum atomic E-state index is 13.1. The summed E-state index contributed by atoms with van der Waals surface area (Å²) in [5.74, 6) is -0.740. The van der Waals surface area contributed by atoms with Crippen molar-refractivity contribution in [2.75, 3.05) is 13.6 Å². The number of pyridine rings is 1. The molecule has 0 saturated heterocycles. The zero-order valence-electron chi connectivity index (χ0n) is 17.9. The third kappa shape index (κ3) is 5.67. The second kappa shape index (κ2) is 11.0. The van der Waals surface area contributed by atoms with Crippen LogP contribution in [0.3, 0.4) is 0 Å². The van der Waals surface area contributed by atoms with E-state index in [0.717, 1.165) is 24.0 Å². The highest BCUT2D eigenvalue weighted by atomic mass is 16.5. The molecule has 1 aliphatic carbocycles. The molecule has 0 radical (unpaired) electrons. The fourth-order valence-electron chi connectivity index (χ4n) is 3.49. The fourth-order valence-corrected chi connectivity index (χ4v) is 3.49. The minimum absolute atomic E-state index is 0.133.